The maximum Gasteiger partial charge on any atom is 0.0725 e. The first-order valence-electron chi connectivity index (χ1n) is 13.7. The highest BCUT2D eigenvalue weighted by molar-refractivity contribution is 7.25. The number of fused-ring (bicyclic) bond motifs is 13. The molecule has 1 spiro atoms. The minimum absolute atomic E-state index is 0.273. The summed E-state index contributed by atoms with van der Waals surface area (Å²) in [5.41, 5.74) is 13.6. The molecule has 0 N–H and O–H groups in total. The zero-order valence-electron chi connectivity index (χ0n) is 21.3. The Balaban J connectivity index is 1.28. The molecule has 6 aromatic carbocycles. The van der Waals surface area contributed by atoms with Crippen LogP contribution in [0.25, 0.3) is 42.4 Å². The van der Waals surface area contributed by atoms with E-state index in [-0.39, 0.29) is 5.41 Å². The molecule has 39 heavy (non-hydrogen) atoms. The molecule has 0 bridgehead atoms. The highest BCUT2D eigenvalue weighted by Crippen LogP contribution is 2.63. The highest BCUT2D eigenvalue weighted by Gasteiger charge is 2.51. The van der Waals surface area contributed by atoms with Gasteiger partial charge < -0.3 is 0 Å². The van der Waals surface area contributed by atoms with Crippen molar-refractivity contribution < 1.29 is 0 Å². The van der Waals surface area contributed by atoms with E-state index in [1.807, 2.05) is 11.3 Å². The van der Waals surface area contributed by atoms with Crippen LogP contribution < -0.4 is 0 Å². The van der Waals surface area contributed by atoms with Gasteiger partial charge in [0.25, 0.3) is 0 Å². The number of benzene rings is 6. The molecule has 1 heteroatoms. The van der Waals surface area contributed by atoms with Gasteiger partial charge in [-0.2, -0.15) is 0 Å². The van der Waals surface area contributed by atoms with E-state index in [1.54, 1.807) is 0 Å². The smallest absolute Gasteiger partial charge is 0.0725 e. The van der Waals surface area contributed by atoms with Gasteiger partial charge in [-0.1, -0.05) is 121 Å². The predicted molar refractivity (Wildman–Crippen MR) is 165 cm³/mol. The number of thiophene rings is 1. The Hall–Kier alpha value is -4.46. The van der Waals surface area contributed by atoms with E-state index in [0.29, 0.717) is 0 Å². The molecular weight excluding hydrogens is 488 g/mol. The molecule has 0 radical (unpaired) electrons. The third kappa shape index (κ3) is 2.73. The second-order valence-corrected chi connectivity index (χ2v) is 11.9. The largest absolute Gasteiger partial charge is 0.135 e. The fourth-order valence-corrected chi connectivity index (χ4v) is 8.64. The third-order valence-electron chi connectivity index (χ3n) is 8.95. The van der Waals surface area contributed by atoms with Crippen molar-refractivity contribution in [2.75, 3.05) is 0 Å². The van der Waals surface area contributed by atoms with Gasteiger partial charge in [-0.25, -0.2) is 0 Å². The van der Waals surface area contributed by atoms with Crippen molar-refractivity contribution in [1.82, 2.24) is 0 Å². The predicted octanol–water partition coefficient (Wildman–Crippen LogP) is 9.99. The van der Waals surface area contributed by atoms with Gasteiger partial charge in [0, 0.05) is 20.2 Å². The Morgan fingerprint density at radius 1 is 0.462 bits per heavy atom. The Morgan fingerprint density at radius 2 is 1.05 bits per heavy atom. The summed E-state index contributed by atoms with van der Waals surface area (Å²) in [4.78, 5) is 0. The zero-order valence-corrected chi connectivity index (χ0v) is 22.1. The summed E-state index contributed by atoms with van der Waals surface area (Å²) in [5, 5.41) is 2.72. The normalized spacial score (nSPS) is 13.9. The van der Waals surface area contributed by atoms with Gasteiger partial charge in [-0.3, -0.25) is 0 Å². The number of rotatable bonds is 2. The summed E-state index contributed by atoms with van der Waals surface area (Å²) in [7, 11) is 0. The van der Waals surface area contributed by atoms with Gasteiger partial charge in [0.15, 0.2) is 0 Å². The molecule has 7 aromatic rings. The molecule has 0 amide bonds. The summed E-state index contributed by atoms with van der Waals surface area (Å²) >= 11 is 1.90. The molecule has 0 aliphatic heterocycles. The van der Waals surface area contributed by atoms with Crippen molar-refractivity contribution in [2.24, 2.45) is 0 Å². The SMILES string of the molecule is c1ccc2c(c1)-c1ccccc1C21c2ccccc2-c2c(Cc3ccc4c(c3)sc3ccccc34)cccc21. The molecule has 182 valence electrons. The lowest BCUT2D eigenvalue weighted by Crippen LogP contribution is -2.25. The third-order valence-corrected chi connectivity index (χ3v) is 10.1. The fraction of sp³-hybridized carbons (Fsp3) is 0.0526. The van der Waals surface area contributed by atoms with Crippen LogP contribution in [0.2, 0.25) is 0 Å². The van der Waals surface area contributed by atoms with Crippen LogP contribution in [0.4, 0.5) is 0 Å². The Kier molecular flexibility index (Phi) is 4.29. The average Bonchev–Trinajstić information content (AvgIpc) is 3.61. The molecule has 0 saturated heterocycles. The van der Waals surface area contributed by atoms with Crippen molar-refractivity contribution in [3.8, 4) is 22.3 Å². The van der Waals surface area contributed by atoms with Crippen molar-refractivity contribution in [3.63, 3.8) is 0 Å². The quantitative estimate of drug-likeness (QED) is 0.216. The van der Waals surface area contributed by atoms with Gasteiger partial charge in [-0.15, -0.1) is 11.3 Å². The molecule has 0 fully saturated rings. The summed E-state index contributed by atoms with van der Waals surface area (Å²) in [6, 6.07) is 50.0. The average molecular weight is 513 g/mol. The van der Waals surface area contributed by atoms with E-state index in [0.717, 1.165) is 6.42 Å². The van der Waals surface area contributed by atoms with Crippen LogP contribution in [0.1, 0.15) is 33.4 Å². The molecule has 1 heterocycles. The van der Waals surface area contributed by atoms with Crippen LogP contribution in [0.15, 0.2) is 133 Å². The Bertz CT molecular complexity index is 2060. The fourth-order valence-electron chi connectivity index (χ4n) is 7.47. The van der Waals surface area contributed by atoms with E-state index in [9.17, 15) is 0 Å². The van der Waals surface area contributed by atoms with Crippen LogP contribution in [0, 0.1) is 0 Å². The standard InChI is InChI=1S/C38H24S/c1-5-15-31-26(11-1)27-12-2-6-16-32(27)38(31)33-17-7-3-14-30(33)37-25(10-9-18-34(37)38)22-24-20-21-29-28-13-4-8-19-35(28)39-36(29)23-24/h1-21,23H,22H2. The lowest BCUT2D eigenvalue weighted by atomic mass is 9.70. The second-order valence-electron chi connectivity index (χ2n) is 10.8. The van der Waals surface area contributed by atoms with Gasteiger partial charge in [0.2, 0.25) is 0 Å². The van der Waals surface area contributed by atoms with Crippen LogP contribution in [-0.2, 0) is 11.8 Å². The van der Waals surface area contributed by atoms with Gasteiger partial charge in [0.05, 0.1) is 5.41 Å². The topological polar surface area (TPSA) is 0 Å². The van der Waals surface area contributed by atoms with E-state index in [4.69, 9.17) is 0 Å². The van der Waals surface area contributed by atoms with Gasteiger partial charge in [0.1, 0.15) is 0 Å². The molecular formula is C38H24S. The van der Waals surface area contributed by atoms with Crippen molar-refractivity contribution >= 4 is 31.5 Å². The van der Waals surface area contributed by atoms with Crippen LogP contribution >= 0.6 is 11.3 Å². The lowest BCUT2D eigenvalue weighted by molar-refractivity contribution is 0.793. The first-order valence-corrected chi connectivity index (χ1v) is 14.5. The molecule has 0 nitrogen and oxygen atoms in total. The van der Waals surface area contributed by atoms with Crippen LogP contribution in [0.5, 0.6) is 0 Å². The summed E-state index contributed by atoms with van der Waals surface area (Å²) in [5.74, 6) is 0. The molecule has 9 rings (SSSR count). The van der Waals surface area contributed by atoms with Crippen LogP contribution in [0.3, 0.4) is 0 Å². The zero-order chi connectivity index (χ0) is 25.6. The lowest BCUT2D eigenvalue weighted by Gasteiger charge is -2.30. The summed E-state index contributed by atoms with van der Waals surface area (Å²) in [6.45, 7) is 0. The molecule has 2 aliphatic rings. The first-order chi connectivity index (χ1) is 19.3. The van der Waals surface area contributed by atoms with E-state index >= 15 is 0 Å². The van der Waals surface area contributed by atoms with E-state index in [2.05, 4.69) is 133 Å². The van der Waals surface area contributed by atoms with Crippen molar-refractivity contribution in [1.29, 1.82) is 0 Å². The van der Waals surface area contributed by atoms with Gasteiger partial charge in [-0.05, 0) is 74.2 Å². The number of hydrogen-bond acceptors (Lipinski definition) is 1. The second kappa shape index (κ2) is 7.79. The van der Waals surface area contributed by atoms with Gasteiger partial charge >= 0.3 is 0 Å². The molecule has 2 aliphatic carbocycles. The minimum Gasteiger partial charge on any atom is -0.135 e. The summed E-state index contributed by atoms with van der Waals surface area (Å²) in [6.07, 6.45) is 0.918. The highest BCUT2D eigenvalue weighted by atomic mass is 32.1. The maximum absolute atomic E-state index is 2.41. The summed E-state index contributed by atoms with van der Waals surface area (Å²) < 4.78 is 2.73. The van der Waals surface area contributed by atoms with E-state index in [1.165, 1.54) is 75.8 Å². The molecule has 0 atom stereocenters. The van der Waals surface area contributed by atoms with Crippen molar-refractivity contribution in [2.45, 2.75) is 11.8 Å². The molecule has 0 unspecified atom stereocenters. The minimum atomic E-state index is -0.273. The van der Waals surface area contributed by atoms with E-state index < -0.39 is 0 Å². The number of hydrogen-bond donors (Lipinski definition) is 0. The van der Waals surface area contributed by atoms with Crippen LogP contribution in [-0.4, -0.2) is 0 Å². The monoisotopic (exact) mass is 512 g/mol. The maximum atomic E-state index is 2.41. The molecule has 1 aromatic heterocycles. The molecule has 0 saturated carbocycles. The first kappa shape index (κ1) is 21.5. The Morgan fingerprint density at radius 3 is 1.82 bits per heavy atom. The van der Waals surface area contributed by atoms with Crippen molar-refractivity contribution in [3.05, 3.63) is 167 Å². The Labute approximate surface area is 231 Å².